The summed E-state index contributed by atoms with van der Waals surface area (Å²) in [6.07, 6.45) is -4.47. The van der Waals surface area contributed by atoms with E-state index < -0.39 is 17.6 Å². The van der Waals surface area contributed by atoms with Crippen LogP contribution in [0.25, 0.3) is 0 Å². The van der Waals surface area contributed by atoms with Crippen LogP contribution in [0.4, 0.5) is 18.9 Å². The van der Waals surface area contributed by atoms with Crippen LogP contribution in [0.1, 0.15) is 11.1 Å². The Hall–Kier alpha value is -1.76. The molecule has 0 bridgehead atoms. The molecule has 1 rings (SSSR count). The number of amides is 1. The second-order valence-electron chi connectivity index (χ2n) is 3.87. The minimum atomic E-state index is -4.47. The third-order valence-corrected chi connectivity index (χ3v) is 2.45. The first-order chi connectivity index (χ1) is 8.25. The van der Waals surface area contributed by atoms with Gasteiger partial charge in [-0.15, -0.1) is 0 Å². The Morgan fingerprint density at radius 1 is 1.39 bits per heavy atom. The molecule has 0 unspecified atom stereocenters. The lowest BCUT2D eigenvalue weighted by atomic mass is 10.1. The van der Waals surface area contributed by atoms with Gasteiger partial charge in [-0.1, -0.05) is 6.07 Å². The summed E-state index contributed by atoms with van der Waals surface area (Å²) in [5.74, 6) is -0.617. The molecule has 1 aromatic rings. The number of carbonyl (C=O) groups is 1. The average Bonchev–Trinajstić information content (AvgIpc) is 2.26. The van der Waals surface area contributed by atoms with Gasteiger partial charge in [-0.25, -0.2) is 0 Å². The highest BCUT2D eigenvalue weighted by Crippen LogP contribution is 2.34. The summed E-state index contributed by atoms with van der Waals surface area (Å²) in [5, 5.41) is 0. The maximum atomic E-state index is 12.8. The molecule has 0 aliphatic rings. The zero-order chi connectivity index (χ0) is 13.9. The molecule has 1 amide bonds. The van der Waals surface area contributed by atoms with Crippen LogP contribution in [-0.2, 0) is 17.5 Å². The number of nitrogens with zero attached hydrogens (tertiary/aromatic N) is 1. The average molecular weight is 261 g/mol. The lowest BCUT2D eigenvalue weighted by molar-refractivity contribution is -0.138. The maximum absolute atomic E-state index is 12.8. The molecular formula is C11H14F3N3O. The van der Waals surface area contributed by atoms with Crippen molar-refractivity contribution in [2.75, 3.05) is 18.5 Å². The predicted octanol–water partition coefficient (Wildman–Crippen LogP) is 1.09. The molecule has 100 valence electrons. The van der Waals surface area contributed by atoms with Gasteiger partial charge < -0.3 is 16.4 Å². The zero-order valence-corrected chi connectivity index (χ0v) is 9.79. The molecule has 0 aliphatic heterocycles. The first kappa shape index (κ1) is 14.3. The molecule has 18 heavy (non-hydrogen) atoms. The van der Waals surface area contributed by atoms with Gasteiger partial charge in [0.2, 0.25) is 5.91 Å². The highest BCUT2D eigenvalue weighted by molar-refractivity contribution is 5.79. The quantitative estimate of drug-likeness (QED) is 0.852. The number of halogens is 3. The molecule has 4 nitrogen and oxygen atoms in total. The lowest BCUT2D eigenvalue weighted by Crippen LogP contribution is -2.30. The second-order valence-corrected chi connectivity index (χ2v) is 3.87. The molecule has 0 aromatic heterocycles. The number of anilines is 1. The number of likely N-dealkylation sites (N-methyl/N-ethyl adjacent to an activating group) is 1. The number of hydrogen-bond donors (Lipinski definition) is 2. The van der Waals surface area contributed by atoms with E-state index in [2.05, 4.69) is 0 Å². The summed E-state index contributed by atoms with van der Waals surface area (Å²) in [7, 11) is 1.49. The molecule has 0 saturated heterocycles. The molecule has 7 heteroatoms. The summed E-state index contributed by atoms with van der Waals surface area (Å²) < 4.78 is 38.3. The van der Waals surface area contributed by atoms with Crippen LogP contribution in [0.15, 0.2) is 18.2 Å². The summed E-state index contributed by atoms with van der Waals surface area (Å²) >= 11 is 0. The van der Waals surface area contributed by atoms with Crippen LogP contribution in [0, 0.1) is 0 Å². The summed E-state index contributed by atoms with van der Waals surface area (Å²) in [6, 6.07) is 3.74. The molecular weight excluding hydrogens is 247 g/mol. The molecule has 0 radical (unpaired) electrons. The number of alkyl halides is 3. The van der Waals surface area contributed by atoms with Crippen molar-refractivity contribution < 1.29 is 18.0 Å². The van der Waals surface area contributed by atoms with E-state index in [1.54, 1.807) is 0 Å². The number of hydrogen-bond acceptors (Lipinski definition) is 3. The number of nitrogens with two attached hydrogens (primary N) is 2. The van der Waals surface area contributed by atoms with Gasteiger partial charge in [-0.3, -0.25) is 4.79 Å². The number of rotatable bonds is 4. The van der Waals surface area contributed by atoms with Crippen molar-refractivity contribution in [2.45, 2.75) is 12.7 Å². The van der Waals surface area contributed by atoms with Crippen molar-refractivity contribution in [1.82, 2.24) is 0 Å². The molecule has 0 spiro atoms. The highest BCUT2D eigenvalue weighted by atomic mass is 19.4. The summed E-state index contributed by atoms with van der Waals surface area (Å²) in [6.45, 7) is -0.353. The number of benzene rings is 1. The topological polar surface area (TPSA) is 72.3 Å². The normalized spacial score (nSPS) is 11.4. The van der Waals surface area contributed by atoms with Gasteiger partial charge in [0, 0.05) is 19.3 Å². The lowest BCUT2D eigenvalue weighted by Gasteiger charge is -2.20. The molecule has 0 atom stereocenters. The number of primary amides is 1. The second kappa shape index (κ2) is 5.26. The van der Waals surface area contributed by atoms with E-state index in [1.807, 2.05) is 0 Å². The van der Waals surface area contributed by atoms with Crippen LogP contribution >= 0.6 is 0 Å². The van der Waals surface area contributed by atoms with Crippen LogP contribution in [0.3, 0.4) is 0 Å². The van der Waals surface area contributed by atoms with Gasteiger partial charge in [-0.2, -0.15) is 13.2 Å². The monoisotopic (exact) mass is 261 g/mol. The van der Waals surface area contributed by atoms with E-state index in [4.69, 9.17) is 11.5 Å². The molecule has 0 saturated carbocycles. The van der Waals surface area contributed by atoms with E-state index >= 15 is 0 Å². The largest absolute Gasteiger partial charge is 0.416 e. The van der Waals surface area contributed by atoms with Crippen LogP contribution in [0.5, 0.6) is 0 Å². The Bertz CT molecular complexity index is 446. The fraction of sp³-hybridized carbons (Fsp3) is 0.364. The first-order valence-electron chi connectivity index (χ1n) is 5.15. The van der Waals surface area contributed by atoms with Gasteiger partial charge in [0.15, 0.2) is 0 Å². The van der Waals surface area contributed by atoms with Crippen molar-refractivity contribution in [3.63, 3.8) is 0 Å². The maximum Gasteiger partial charge on any atom is 0.416 e. The fourth-order valence-electron chi connectivity index (χ4n) is 1.57. The Morgan fingerprint density at radius 3 is 2.44 bits per heavy atom. The highest BCUT2D eigenvalue weighted by Gasteiger charge is 2.33. The summed E-state index contributed by atoms with van der Waals surface area (Å²) in [5.41, 5.74) is 9.74. The Labute approximate surface area is 102 Å². The Morgan fingerprint density at radius 2 is 2.00 bits per heavy atom. The van der Waals surface area contributed by atoms with Crippen LogP contribution in [-0.4, -0.2) is 19.5 Å². The fourth-order valence-corrected chi connectivity index (χ4v) is 1.57. The molecule has 0 aliphatic carbocycles. The van der Waals surface area contributed by atoms with E-state index in [0.29, 0.717) is 0 Å². The van der Waals surface area contributed by atoms with E-state index in [9.17, 15) is 18.0 Å². The molecule has 1 aromatic carbocycles. The third-order valence-electron chi connectivity index (χ3n) is 2.45. The summed E-state index contributed by atoms with van der Waals surface area (Å²) in [4.78, 5) is 12.1. The molecule has 0 heterocycles. The van der Waals surface area contributed by atoms with Gasteiger partial charge in [-0.05, 0) is 17.7 Å². The molecule has 0 fully saturated rings. The van der Waals surface area contributed by atoms with Crippen molar-refractivity contribution in [2.24, 2.45) is 11.5 Å². The smallest absolute Gasteiger partial charge is 0.368 e. The van der Waals surface area contributed by atoms with Crippen molar-refractivity contribution >= 4 is 11.6 Å². The van der Waals surface area contributed by atoms with Gasteiger partial charge in [0.1, 0.15) is 0 Å². The van der Waals surface area contributed by atoms with Gasteiger partial charge >= 0.3 is 6.18 Å². The van der Waals surface area contributed by atoms with E-state index in [-0.39, 0.29) is 24.3 Å². The Balaban J connectivity index is 3.14. The number of carbonyl (C=O) groups excluding carboxylic acids is 1. The minimum Gasteiger partial charge on any atom is -0.368 e. The van der Waals surface area contributed by atoms with E-state index in [1.165, 1.54) is 24.1 Å². The van der Waals surface area contributed by atoms with Crippen molar-refractivity contribution in [3.05, 3.63) is 29.3 Å². The minimum absolute atomic E-state index is 0.0127. The SMILES string of the molecule is CN(CC(N)=O)c1ccc(CN)c(C(F)(F)F)c1. The van der Waals surface area contributed by atoms with E-state index in [0.717, 1.165) is 6.07 Å². The first-order valence-corrected chi connectivity index (χ1v) is 5.15. The van der Waals surface area contributed by atoms with Crippen LogP contribution in [0.2, 0.25) is 0 Å². The zero-order valence-electron chi connectivity index (χ0n) is 9.79. The van der Waals surface area contributed by atoms with Crippen LogP contribution < -0.4 is 16.4 Å². The Kier molecular flexibility index (Phi) is 4.18. The van der Waals surface area contributed by atoms with Gasteiger partial charge in [0.25, 0.3) is 0 Å². The third kappa shape index (κ3) is 3.36. The van der Waals surface area contributed by atoms with Gasteiger partial charge in [0.05, 0.1) is 12.1 Å². The molecule has 4 N–H and O–H groups in total. The standard InChI is InChI=1S/C11H14F3N3O/c1-17(6-10(16)18)8-3-2-7(5-15)9(4-8)11(12,13)14/h2-4H,5-6,15H2,1H3,(H2,16,18). The van der Waals surface area contributed by atoms with Crippen molar-refractivity contribution in [3.8, 4) is 0 Å². The predicted molar refractivity (Wildman–Crippen MR) is 61.8 cm³/mol. The van der Waals surface area contributed by atoms with Crippen molar-refractivity contribution in [1.29, 1.82) is 0 Å².